The van der Waals surface area contributed by atoms with Gasteiger partial charge in [0.15, 0.2) is 0 Å². The zero-order chi connectivity index (χ0) is 12.8. The molecule has 2 rings (SSSR count). The van der Waals surface area contributed by atoms with Gasteiger partial charge in [-0.2, -0.15) is 0 Å². The van der Waals surface area contributed by atoms with E-state index in [0.29, 0.717) is 0 Å². The minimum Gasteiger partial charge on any atom is -0.313 e. The quantitative estimate of drug-likeness (QED) is 0.812. The molecule has 2 nitrogen and oxygen atoms in total. The molecule has 18 heavy (non-hydrogen) atoms. The van der Waals surface area contributed by atoms with E-state index in [-0.39, 0.29) is 0 Å². The molecule has 1 heterocycles. The molecule has 0 saturated carbocycles. The van der Waals surface area contributed by atoms with Gasteiger partial charge in [-0.25, -0.2) is 4.98 Å². The van der Waals surface area contributed by atoms with Crippen LogP contribution in [0.3, 0.4) is 0 Å². The second-order valence-corrected chi connectivity index (χ2v) is 6.18. The first kappa shape index (κ1) is 13.6. The van der Waals surface area contributed by atoms with Gasteiger partial charge in [-0.1, -0.05) is 19.1 Å². The number of aromatic nitrogens is 1. The van der Waals surface area contributed by atoms with Crippen LogP contribution in [0.25, 0.3) is 0 Å². The Kier molecular flexibility index (Phi) is 5.23. The Balaban J connectivity index is 1.86. The van der Waals surface area contributed by atoms with Crippen molar-refractivity contribution < 1.29 is 0 Å². The molecule has 0 saturated heterocycles. The second kappa shape index (κ2) is 6.92. The van der Waals surface area contributed by atoms with Crippen LogP contribution in [-0.4, -0.2) is 11.5 Å². The van der Waals surface area contributed by atoms with E-state index < -0.39 is 0 Å². The average Bonchev–Trinajstić information content (AvgIpc) is 2.81. The van der Waals surface area contributed by atoms with Crippen molar-refractivity contribution in [2.45, 2.75) is 31.0 Å². The third-order valence-corrected chi connectivity index (χ3v) is 4.42. The normalized spacial score (nSPS) is 10.8. The Morgan fingerprint density at radius 2 is 2.06 bits per heavy atom. The summed E-state index contributed by atoms with van der Waals surface area (Å²) in [6.07, 6.45) is 0. The largest absolute Gasteiger partial charge is 0.313 e. The number of thiazole rings is 1. The molecule has 0 aliphatic rings. The van der Waals surface area contributed by atoms with Crippen molar-refractivity contribution in [1.29, 1.82) is 0 Å². The Morgan fingerprint density at radius 3 is 2.67 bits per heavy atom. The third-order valence-electron chi connectivity index (χ3n) is 2.56. The average molecular weight is 278 g/mol. The summed E-state index contributed by atoms with van der Waals surface area (Å²) >= 11 is 3.56. The van der Waals surface area contributed by atoms with E-state index in [0.717, 1.165) is 23.8 Å². The molecular formula is C14H18N2S2. The number of nitrogens with zero attached hydrogens (tertiary/aromatic N) is 1. The van der Waals surface area contributed by atoms with Crippen LogP contribution in [0, 0.1) is 6.92 Å². The van der Waals surface area contributed by atoms with Gasteiger partial charge < -0.3 is 5.32 Å². The van der Waals surface area contributed by atoms with Crippen molar-refractivity contribution in [3.8, 4) is 0 Å². The van der Waals surface area contributed by atoms with E-state index in [9.17, 15) is 0 Å². The minimum absolute atomic E-state index is 0.951. The summed E-state index contributed by atoms with van der Waals surface area (Å²) in [4.78, 5) is 5.78. The molecule has 1 aromatic heterocycles. The van der Waals surface area contributed by atoms with Gasteiger partial charge in [-0.05, 0) is 31.2 Å². The monoisotopic (exact) mass is 278 g/mol. The van der Waals surface area contributed by atoms with Gasteiger partial charge >= 0.3 is 0 Å². The van der Waals surface area contributed by atoms with Gasteiger partial charge in [-0.3, -0.25) is 0 Å². The van der Waals surface area contributed by atoms with E-state index in [1.807, 2.05) is 18.7 Å². The highest BCUT2D eigenvalue weighted by Crippen LogP contribution is 2.23. The second-order valence-electron chi connectivity index (χ2n) is 4.07. The molecule has 4 heteroatoms. The lowest BCUT2D eigenvalue weighted by Crippen LogP contribution is -2.11. The van der Waals surface area contributed by atoms with E-state index in [1.54, 1.807) is 11.3 Å². The number of hydrogen-bond acceptors (Lipinski definition) is 4. The van der Waals surface area contributed by atoms with Crippen molar-refractivity contribution in [3.05, 3.63) is 45.9 Å². The number of rotatable bonds is 6. The van der Waals surface area contributed by atoms with Crippen LogP contribution in [0.5, 0.6) is 0 Å². The summed E-state index contributed by atoms with van der Waals surface area (Å²) in [6.45, 7) is 6.14. The topological polar surface area (TPSA) is 24.9 Å². The molecule has 0 atom stereocenters. The molecule has 0 amide bonds. The first-order valence-electron chi connectivity index (χ1n) is 6.11. The molecule has 1 aromatic carbocycles. The smallest absolute Gasteiger partial charge is 0.0897 e. The van der Waals surface area contributed by atoms with Gasteiger partial charge in [0.25, 0.3) is 0 Å². The van der Waals surface area contributed by atoms with Crippen LogP contribution in [0.4, 0.5) is 0 Å². The Bertz CT molecular complexity index is 477. The van der Waals surface area contributed by atoms with E-state index >= 15 is 0 Å². The number of nitrogens with one attached hydrogen (secondary N) is 1. The molecule has 0 aliphatic carbocycles. The molecule has 1 N–H and O–H groups in total. The van der Waals surface area contributed by atoms with Crippen LogP contribution in [0.15, 0.2) is 34.5 Å². The van der Waals surface area contributed by atoms with E-state index in [2.05, 4.69) is 46.9 Å². The number of hydrogen-bond donors (Lipinski definition) is 1. The van der Waals surface area contributed by atoms with Crippen LogP contribution in [0.2, 0.25) is 0 Å². The minimum atomic E-state index is 0.951. The number of benzene rings is 1. The van der Waals surface area contributed by atoms with Gasteiger partial charge in [0.2, 0.25) is 0 Å². The van der Waals surface area contributed by atoms with Gasteiger partial charge in [-0.15, -0.1) is 23.1 Å². The van der Waals surface area contributed by atoms with Crippen molar-refractivity contribution in [2.24, 2.45) is 0 Å². The summed E-state index contributed by atoms with van der Waals surface area (Å²) < 4.78 is 0. The lowest BCUT2D eigenvalue weighted by Gasteiger charge is -2.04. The predicted octanol–water partition coefficient (Wildman–Crippen LogP) is 3.85. The van der Waals surface area contributed by atoms with Crippen LogP contribution in [0.1, 0.15) is 23.2 Å². The zero-order valence-corrected chi connectivity index (χ0v) is 12.4. The predicted molar refractivity (Wildman–Crippen MR) is 80.2 cm³/mol. The Hall–Kier alpha value is -0.840. The zero-order valence-electron chi connectivity index (χ0n) is 10.8. The summed E-state index contributed by atoms with van der Waals surface area (Å²) in [5.41, 5.74) is 2.52. The van der Waals surface area contributed by atoms with Crippen molar-refractivity contribution in [1.82, 2.24) is 10.3 Å². The molecule has 0 fully saturated rings. The highest BCUT2D eigenvalue weighted by Gasteiger charge is 2.00. The summed E-state index contributed by atoms with van der Waals surface area (Å²) in [5, 5.41) is 6.61. The van der Waals surface area contributed by atoms with E-state index in [4.69, 9.17) is 0 Å². The molecule has 0 bridgehead atoms. The molecule has 96 valence electrons. The maximum Gasteiger partial charge on any atom is 0.0897 e. The Labute approximate surface area is 117 Å². The van der Waals surface area contributed by atoms with Gasteiger partial charge in [0, 0.05) is 22.6 Å². The molecular weight excluding hydrogens is 260 g/mol. The standard InChI is InChI=1S/C14H18N2S2/c1-3-15-8-12-4-6-14(7-5-12)18-10-13-9-17-11(2)16-13/h4-7,9,15H,3,8,10H2,1-2H3. The molecule has 2 aromatic rings. The number of aryl methyl sites for hydroxylation is 1. The maximum atomic E-state index is 4.47. The van der Waals surface area contributed by atoms with Crippen molar-refractivity contribution in [2.75, 3.05) is 6.54 Å². The Morgan fingerprint density at radius 1 is 1.28 bits per heavy atom. The fourth-order valence-electron chi connectivity index (χ4n) is 1.60. The molecule has 0 aliphatic heterocycles. The molecule has 0 unspecified atom stereocenters. The molecule has 0 radical (unpaired) electrons. The van der Waals surface area contributed by atoms with Crippen molar-refractivity contribution >= 4 is 23.1 Å². The summed E-state index contributed by atoms with van der Waals surface area (Å²) in [6, 6.07) is 8.77. The number of thioether (sulfide) groups is 1. The highest BCUT2D eigenvalue weighted by molar-refractivity contribution is 7.98. The molecule has 0 spiro atoms. The first-order valence-corrected chi connectivity index (χ1v) is 7.98. The lowest BCUT2D eigenvalue weighted by molar-refractivity contribution is 0.726. The van der Waals surface area contributed by atoms with Gasteiger partial charge in [0.1, 0.15) is 0 Å². The lowest BCUT2D eigenvalue weighted by atomic mass is 10.2. The first-order chi connectivity index (χ1) is 8.78. The van der Waals surface area contributed by atoms with Crippen LogP contribution in [-0.2, 0) is 12.3 Å². The van der Waals surface area contributed by atoms with E-state index in [1.165, 1.54) is 16.2 Å². The van der Waals surface area contributed by atoms with Crippen LogP contribution < -0.4 is 5.32 Å². The van der Waals surface area contributed by atoms with Crippen LogP contribution >= 0.6 is 23.1 Å². The highest BCUT2D eigenvalue weighted by atomic mass is 32.2. The maximum absolute atomic E-state index is 4.47. The van der Waals surface area contributed by atoms with Crippen molar-refractivity contribution in [3.63, 3.8) is 0 Å². The fourth-order valence-corrected chi connectivity index (χ4v) is 3.11. The summed E-state index contributed by atoms with van der Waals surface area (Å²) in [5.74, 6) is 0.955. The fraction of sp³-hybridized carbons (Fsp3) is 0.357. The summed E-state index contributed by atoms with van der Waals surface area (Å²) in [7, 11) is 0. The third kappa shape index (κ3) is 4.12. The SMILES string of the molecule is CCNCc1ccc(SCc2csc(C)n2)cc1. The van der Waals surface area contributed by atoms with Gasteiger partial charge in [0.05, 0.1) is 10.7 Å².